The summed E-state index contributed by atoms with van der Waals surface area (Å²) in [5.74, 6) is 0.582. The number of nitrogens with zero attached hydrogens (tertiary/aromatic N) is 1. The largest absolute Gasteiger partial charge is 0.484 e. The molecule has 1 aliphatic rings. The van der Waals surface area contributed by atoms with Crippen LogP contribution in [-0.2, 0) is 14.6 Å². The summed E-state index contributed by atoms with van der Waals surface area (Å²) in [5.41, 5.74) is 1.57. The number of rotatable bonds is 6. The molecule has 1 aliphatic heterocycles. The minimum atomic E-state index is -3.07. The van der Waals surface area contributed by atoms with E-state index in [-0.39, 0.29) is 36.1 Å². The molecule has 1 saturated heterocycles. The second-order valence-electron chi connectivity index (χ2n) is 7.66. The van der Waals surface area contributed by atoms with Crippen molar-refractivity contribution in [2.45, 2.75) is 38.8 Å². The first-order chi connectivity index (χ1) is 13.9. The topological polar surface area (TPSA) is 76.8 Å². The number of hydrogen-bond donors (Lipinski definition) is 0. The van der Waals surface area contributed by atoms with Crippen molar-refractivity contribution >= 4 is 37.7 Å². The van der Waals surface area contributed by atoms with Gasteiger partial charge in [-0.1, -0.05) is 25.1 Å². The van der Waals surface area contributed by atoms with Crippen LogP contribution in [0.25, 0.3) is 21.9 Å². The molecule has 154 valence electrons. The lowest BCUT2D eigenvalue weighted by molar-refractivity contribution is -0.137. The van der Waals surface area contributed by atoms with E-state index < -0.39 is 9.84 Å². The van der Waals surface area contributed by atoms with Gasteiger partial charge in [0.05, 0.1) is 11.5 Å². The number of ether oxygens (including phenoxy) is 1. The first-order valence-electron chi connectivity index (χ1n) is 9.93. The van der Waals surface area contributed by atoms with E-state index in [1.165, 1.54) is 0 Å². The zero-order valence-corrected chi connectivity index (χ0v) is 17.4. The van der Waals surface area contributed by atoms with Crippen molar-refractivity contribution < 1.29 is 22.4 Å². The average Bonchev–Trinajstić information content (AvgIpc) is 3.25. The van der Waals surface area contributed by atoms with Crippen molar-refractivity contribution in [1.29, 1.82) is 0 Å². The van der Waals surface area contributed by atoms with Gasteiger partial charge in [0.15, 0.2) is 16.4 Å². The molecule has 0 unspecified atom stereocenters. The molecule has 4 rings (SSSR count). The molecular formula is C22H25NO5S. The first-order valence-corrected chi connectivity index (χ1v) is 11.8. The highest BCUT2D eigenvalue weighted by Crippen LogP contribution is 2.31. The number of carbonyl (C=O) groups is 1. The van der Waals surface area contributed by atoms with E-state index in [1.54, 1.807) is 11.0 Å². The van der Waals surface area contributed by atoms with Gasteiger partial charge in [-0.25, -0.2) is 8.42 Å². The van der Waals surface area contributed by atoms with Crippen LogP contribution in [0, 0.1) is 0 Å². The van der Waals surface area contributed by atoms with Crippen molar-refractivity contribution in [2.24, 2.45) is 0 Å². The van der Waals surface area contributed by atoms with Crippen LogP contribution >= 0.6 is 0 Å². The quantitative estimate of drug-likeness (QED) is 0.612. The van der Waals surface area contributed by atoms with E-state index in [9.17, 15) is 13.2 Å². The van der Waals surface area contributed by atoms with Crippen LogP contribution in [0.2, 0.25) is 0 Å². The van der Waals surface area contributed by atoms with E-state index >= 15 is 0 Å². The standard InChI is InChI=1S/C22H25NO5S/c1-3-15(2)23(16-10-11-29(25,26)14-16)22(24)13-27-17-8-9-21-19(12-17)18-6-4-5-7-20(18)28-21/h4-9,12,15-16H,3,10-11,13-14H2,1-2H3/t15-,16-/m1/s1. The van der Waals surface area contributed by atoms with Gasteiger partial charge in [0.2, 0.25) is 0 Å². The molecule has 2 heterocycles. The van der Waals surface area contributed by atoms with Crippen molar-refractivity contribution in [3.05, 3.63) is 42.5 Å². The zero-order chi connectivity index (χ0) is 20.6. The Bertz CT molecular complexity index is 1150. The number of para-hydroxylation sites is 1. The van der Waals surface area contributed by atoms with Crippen molar-refractivity contribution in [3.63, 3.8) is 0 Å². The summed E-state index contributed by atoms with van der Waals surface area (Å²) in [7, 11) is -3.07. The fraction of sp³-hybridized carbons (Fsp3) is 0.409. The number of carbonyl (C=O) groups excluding carboxylic acids is 1. The molecule has 0 radical (unpaired) electrons. The van der Waals surface area contributed by atoms with Crippen LogP contribution in [0.4, 0.5) is 0 Å². The van der Waals surface area contributed by atoms with Crippen molar-refractivity contribution in [3.8, 4) is 5.75 Å². The van der Waals surface area contributed by atoms with Gasteiger partial charge in [0.25, 0.3) is 5.91 Å². The maximum absolute atomic E-state index is 12.9. The molecular weight excluding hydrogens is 390 g/mol. The summed E-state index contributed by atoms with van der Waals surface area (Å²) in [6.07, 6.45) is 1.25. The third-order valence-electron chi connectivity index (χ3n) is 5.67. The van der Waals surface area contributed by atoms with E-state index in [2.05, 4.69) is 0 Å². The fourth-order valence-corrected chi connectivity index (χ4v) is 5.73. The summed E-state index contributed by atoms with van der Waals surface area (Å²) in [5, 5.41) is 1.93. The van der Waals surface area contributed by atoms with Crippen molar-refractivity contribution in [2.75, 3.05) is 18.1 Å². The normalized spacial score (nSPS) is 19.4. The lowest BCUT2D eigenvalue weighted by Crippen LogP contribution is -2.48. The van der Waals surface area contributed by atoms with Crippen molar-refractivity contribution in [1.82, 2.24) is 4.90 Å². The Morgan fingerprint density at radius 2 is 1.97 bits per heavy atom. The van der Waals surface area contributed by atoms with Gasteiger partial charge in [-0.2, -0.15) is 0 Å². The van der Waals surface area contributed by atoms with E-state index in [1.807, 2.05) is 50.2 Å². The van der Waals surface area contributed by atoms with Crippen LogP contribution in [0.5, 0.6) is 5.75 Å². The second-order valence-corrected chi connectivity index (χ2v) is 9.89. The highest BCUT2D eigenvalue weighted by atomic mass is 32.2. The molecule has 29 heavy (non-hydrogen) atoms. The highest BCUT2D eigenvalue weighted by molar-refractivity contribution is 7.91. The van der Waals surface area contributed by atoms with E-state index in [0.29, 0.717) is 12.2 Å². The maximum atomic E-state index is 12.9. The molecule has 3 aromatic rings. The van der Waals surface area contributed by atoms with Gasteiger partial charge >= 0.3 is 0 Å². The Labute approximate surface area is 170 Å². The predicted octanol–water partition coefficient (Wildman–Crippen LogP) is 3.78. The molecule has 6 nitrogen and oxygen atoms in total. The molecule has 1 amide bonds. The smallest absolute Gasteiger partial charge is 0.261 e. The summed E-state index contributed by atoms with van der Waals surface area (Å²) < 4.78 is 35.4. The number of benzene rings is 2. The monoisotopic (exact) mass is 415 g/mol. The zero-order valence-electron chi connectivity index (χ0n) is 16.6. The maximum Gasteiger partial charge on any atom is 0.261 e. The Kier molecular flexibility index (Phi) is 5.25. The Hall–Kier alpha value is -2.54. The number of furan rings is 1. The van der Waals surface area contributed by atoms with Crippen LogP contribution < -0.4 is 4.74 Å². The SMILES string of the molecule is CC[C@@H](C)N(C(=O)COc1ccc2oc3ccccc3c2c1)[C@@H]1CCS(=O)(=O)C1. The summed E-state index contributed by atoms with van der Waals surface area (Å²) in [4.78, 5) is 14.6. The first kappa shape index (κ1) is 19.8. The van der Waals surface area contributed by atoms with Crippen LogP contribution in [0.1, 0.15) is 26.7 Å². The molecule has 2 atom stereocenters. The minimum absolute atomic E-state index is 0.0373. The molecule has 1 fully saturated rings. The van der Waals surface area contributed by atoms with Gasteiger partial charge in [0.1, 0.15) is 16.9 Å². The molecule has 7 heteroatoms. The van der Waals surface area contributed by atoms with Crippen LogP contribution in [-0.4, -0.2) is 49.4 Å². The van der Waals surface area contributed by atoms with Crippen LogP contribution in [0.15, 0.2) is 46.9 Å². The third-order valence-corrected chi connectivity index (χ3v) is 7.42. The Balaban J connectivity index is 1.52. The van der Waals surface area contributed by atoms with Crippen LogP contribution in [0.3, 0.4) is 0 Å². The molecule has 0 bridgehead atoms. The van der Waals surface area contributed by atoms with Gasteiger partial charge in [-0.15, -0.1) is 0 Å². The number of fused-ring (bicyclic) bond motifs is 3. The molecule has 0 saturated carbocycles. The van der Waals surface area contributed by atoms with E-state index in [0.717, 1.165) is 28.4 Å². The Morgan fingerprint density at radius 1 is 1.21 bits per heavy atom. The molecule has 0 N–H and O–H groups in total. The average molecular weight is 416 g/mol. The molecule has 0 spiro atoms. The fourth-order valence-electron chi connectivity index (χ4n) is 4.02. The number of amides is 1. The third kappa shape index (κ3) is 3.96. The summed E-state index contributed by atoms with van der Waals surface area (Å²) >= 11 is 0. The Morgan fingerprint density at radius 3 is 2.69 bits per heavy atom. The second kappa shape index (κ2) is 7.71. The number of hydrogen-bond acceptors (Lipinski definition) is 5. The predicted molar refractivity (Wildman–Crippen MR) is 113 cm³/mol. The lowest BCUT2D eigenvalue weighted by atomic mass is 10.1. The van der Waals surface area contributed by atoms with Gasteiger partial charge in [-0.3, -0.25) is 4.79 Å². The lowest BCUT2D eigenvalue weighted by Gasteiger charge is -2.33. The highest BCUT2D eigenvalue weighted by Gasteiger charge is 2.36. The van der Waals surface area contributed by atoms with E-state index in [4.69, 9.17) is 9.15 Å². The van der Waals surface area contributed by atoms with Gasteiger partial charge < -0.3 is 14.1 Å². The molecule has 0 aliphatic carbocycles. The summed E-state index contributed by atoms with van der Waals surface area (Å²) in [6.45, 7) is 3.82. The minimum Gasteiger partial charge on any atom is -0.484 e. The summed E-state index contributed by atoms with van der Waals surface area (Å²) in [6, 6.07) is 13.0. The van der Waals surface area contributed by atoms with Gasteiger partial charge in [-0.05, 0) is 44.0 Å². The molecule has 2 aromatic carbocycles. The number of sulfone groups is 1. The molecule has 1 aromatic heterocycles. The van der Waals surface area contributed by atoms with Gasteiger partial charge in [0, 0.05) is 22.9 Å².